The third-order valence-electron chi connectivity index (χ3n) is 5.85. The molecule has 0 aliphatic rings. The first-order valence-electron chi connectivity index (χ1n) is 11.7. The molecule has 8 heteroatoms. The van der Waals surface area contributed by atoms with Gasteiger partial charge in [0.1, 0.15) is 12.6 Å². The van der Waals surface area contributed by atoms with Gasteiger partial charge in [-0.15, -0.1) is 0 Å². The molecule has 2 rings (SSSR count). The number of aryl methyl sites for hydroxylation is 1. The number of para-hydroxylation sites is 1. The van der Waals surface area contributed by atoms with E-state index in [1.165, 1.54) is 4.90 Å². The van der Waals surface area contributed by atoms with Crippen LogP contribution in [0.25, 0.3) is 0 Å². The van der Waals surface area contributed by atoms with Gasteiger partial charge in [-0.25, -0.2) is 8.42 Å². The fourth-order valence-corrected chi connectivity index (χ4v) is 4.85. The van der Waals surface area contributed by atoms with Crippen molar-refractivity contribution in [1.82, 2.24) is 10.2 Å². The van der Waals surface area contributed by atoms with Crippen LogP contribution < -0.4 is 9.62 Å². The number of sulfonamides is 1. The number of nitrogens with one attached hydrogen (secondary N) is 1. The molecular formula is C26H37N3O4S. The van der Waals surface area contributed by atoms with E-state index in [2.05, 4.69) is 5.32 Å². The summed E-state index contributed by atoms with van der Waals surface area (Å²) in [4.78, 5) is 28.1. The zero-order valence-electron chi connectivity index (χ0n) is 21.0. The van der Waals surface area contributed by atoms with Crippen molar-refractivity contribution in [2.24, 2.45) is 0 Å². The minimum absolute atomic E-state index is 0.0670. The van der Waals surface area contributed by atoms with E-state index in [0.717, 1.165) is 27.3 Å². The predicted octanol–water partition coefficient (Wildman–Crippen LogP) is 3.83. The number of hydrogen-bond acceptors (Lipinski definition) is 4. The van der Waals surface area contributed by atoms with Gasteiger partial charge in [-0.2, -0.15) is 0 Å². The van der Waals surface area contributed by atoms with Gasteiger partial charge in [0, 0.05) is 13.1 Å². The van der Waals surface area contributed by atoms with E-state index in [4.69, 9.17) is 0 Å². The number of carbonyl (C=O) groups is 2. The monoisotopic (exact) mass is 487 g/mol. The molecule has 34 heavy (non-hydrogen) atoms. The van der Waals surface area contributed by atoms with Crippen LogP contribution in [-0.2, 0) is 26.2 Å². The van der Waals surface area contributed by atoms with Crippen LogP contribution in [0.4, 0.5) is 5.69 Å². The Morgan fingerprint density at radius 2 is 1.62 bits per heavy atom. The Bertz CT molecular complexity index is 1100. The van der Waals surface area contributed by atoms with Crippen molar-refractivity contribution in [3.63, 3.8) is 0 Å². The van der Waals surface area contributed by atoms with Gasteiger partial charge in [0.2, 0.25) is 21.8 Å². The average Bonchev–Trinajstić information content (AvgIpc) is 2.77. The number of amides is 2. The minimum Gasteiger partial charge on any atom is -0.355 e. The number of anilines is 1. The van der Waals surface area contributed by atoms with Gasteiger partial charge in [-0.05, 0) is 48.9 Å². The van der Waals surface area contributed by atoms with Crippen LogP contribution in [0.1, 0.15) is 56.7 Å². The van der Waals surface area contributed by atoms with Gasteiger partial charge in [0.25, 0.3) is 0 Å². The molecular weight excluding hydrogens is 450 g/mol. The molecule has 0 bridgehead atoms. The average molecular weight is 488 g/mol. The topological polar surface area (TPSA) is 86.8 Å². The molecule has 186 valence electrons. The fraction of sp³-hybridized carbons (Fsp3) is 0.462. The van der Waals surface area contributed by atoms with E-state index in [1.807, 2.05) is 71.0 Å². The highest BCUT2D eigenvalue weighted by molar-refractivity contribution is 7.92. The van der Waals surface area contributed by atoms with Gasteiger partial charge >= 0.3 is 0 Å². The first-order valence-corrected chi connectivity index (χ1v) is 13.5. The van der Waals surface area contributed by atoms with E-state index >= 15 is 0 Å². The summed E-state index contributed by atoms with van der Waals surface area (Å²) >= 11 is 0. The Morgan fingerprint density at radius 3 is 2.18 bits per heavy atom. The van der Waals surface area contributed by atoms with Gasteiger partial charge < -0.3 is 10.2 Å². The molecule has 2 amide bonds. The predicted molar refractivity (Wildman–Crippen MR) is 137 cm³/mol. The lowest BCUT2D eigenvalue weighted by Crippen LogP contribution is -2.52. The molecule has 2 aromatic rings. The van der Waals surface area contributed by atoms with Gasteiger partial charge in [0.15, 0.2) is 0 Å². The molecule has 2 aromatic carbocycles. The Balaban J connectivity index is 2.51. The molecule has 0 saturated carbocycles. The molecule has 1 N–H and O–H groups in total. The normalized spacial score (nSPS) is 12.3. The molecule has 0 fully saturated rings. The second kappa shape index (κ2) is 12.0. The Labute approximate surface area is 204 Å². The molecule has 0 spiro atoms. The number of nitrogens with zero attached hydrogens (tertiary/aromatic N) is 2. The zero-order chi connectivity index (χ0) is 25.5. The Kier molecular flexibility index (Phi) is 9.67. The molecule has 1 atom stereocenters. The second-order valence-electron chi connectivity index (χ2n) is 8.75. The zero-order valence-corrected chi connectivity index (χ0v) is 21.9. The molecule has 0 aromatic heterocycles. The van der Waals surface area contributed by atoms with Crippen molar-refractivity contribution in [3.05, 3.63) is 65.2 Å². The largest absolute Gasteiger partial charge is 0.355 e. The van der Waals surface area contributed by atoms with Crippen LogP contribution in [0.2, 0.25) is 0 Å². The molecule has 0 unspecified atom stereocenters. The highest BCUT2D eigenvalue weighted by Crippen LogP contribution is 2.29. The van der Waals surface area contributed by atoms with Crippen molar-refractivity contribution in [2.75, 3.05) is 23.7 Å². The van der Waals surface area contributed by atoms with Crippen LogP contribution >= 0.6 is 0 Å². The van der Waals surface area contributed by atoms with Crippen LogP contribution in [0.3, 0.4) is 0 Å². The summed E-state index contributed by atoms with van der Waals surface area (Å²) in [6.07, 6.45) is 1.51. The molecule has 0 saturated heterocycles. The van der Waals surface area contributed by atoms with Crippen molar-refractivity contribution in [1.29, 1.82) is 0 Å². The van der Waals surface area contributed by atoms with E-state index in [-0.39, 0.29) is 24.9 Å². The lowest BCUT2D eigenvalue weighted by atomic mass is 10.0. The summed E-state index contributed by atoms with van der Waals surface area (Å²) in [6.45, 7) is 9.86. The minimum atomic E-state index is -3.76. The quantitative estimate of drug-likeness (QED) is 0.522. The van der Waals surface area contributed by atoms with Crippen LogP contribution in [0.15, 0.2) is 48.5 Å². The van der Waals surface area contributed by atoms with Gasteiger partial charge in [-0.1, -0.05) is 63.2 Å². The fourth-order valence-electron chi connectivity index (χ4n) is 3.98. The number of rotatable bonds is 11. The van der Waals surface area contributed by atoms with Crippen LogP contribution in [-0.4, -0.2) is 50.5 Å². The van der Waals surface area contributed by atoms with E-state index in [0.29, 0.717) is 18.7 Å². The van der Waals surface area contributed by atoms with E-state index in [9.17, 15) is 18.0 Å². The molecule has 0 heterocycles. The maximum Gasteiger partial charge on any atom is 0.244 e. The van der Waals surface area contributed by atoms with E-state index in [1.54, 1.807) is 12.1 Å². The van der Waals surface area contributed by atoms with E-state index < -0.39 is 22.0 Å². The summed E-state index contributed by atoms with van der Waals surface area (Å²) in [5, 5.41) is 2.81. The Morgan fingerprint density at radius 1 is 1.00 bits per heavy atom. The van der Waals surface area contributed by atoms with Gasteiger partial charge in [-0.3, -0.25) is 13.9 Å². The van der Waals surface area contributed by atoms with Crippen LogP contribution in [0.5, 0.6) is 0 Å². The Hall–Kier alpha value is -2.87. The number of benzene rings is 2. The van der Waals surface area contributed by atoms with Gasteiger partial charge in [0.05, 0.1) is 11.9 Å². The summed E-state index contributed by atoms with van der Waals surface area (Å²) < 4.78 is 26.8. The molecule has 0 aliphatic heterocycles. The highest BCUT2D eigenvalue weighted by atomic mass is 32.2. The molecule has 0 aliphatic carbocycles. The number of likely N-dealkylation sites (N-methyl/N-ethyl adjacent to an activating group) is 1. The second-order valence-corrected chi connectivity index (χ2v) is 10.7. The maximum atomic E-state index is 13.7. The molecule has 7 nitrogen and oxygen atoms in total. The van der Waals surface area contributed by atoms with Crippen molar-refractivity contribution >= 4 is 27.5 Å². The summed E-state index contributed by atoms with van der Waals surface area (Å²) in [7, 11) is -3.76. The first kappa shape index (κ1) is 27.4. The first-order chi connectivity index (χ1) is 16.0. The SMILES string of the molecule is CCNC(=O)[C@@H](CC)N(Cc1ccccc1C)C(=O)CN(c1ccccc1C(C)C)S(C)(=O)=O. The third-order valence-corrected chi connectivity index (χ3v) is 6.97. The lowest BCUT2D eigenvalue weighted by Gasteiger charge is -2.33. The lowest BCUT2D eigenvalue weighted by molar-refractivity contribution is -0.140. The number of hydrogen-bond donors (Lipinski definition) is 1. The summed E-state index contributed by atoms with van der Waals surface area (Å²) in [6, 6.07) is 14.2. The summed E-state index contributed by atoms with van der Waals surface area (Å²) in [5.41, 5.74) is 3.22. The van der Waals surface area contributed by atoms with Crippen LogP contribution in [0, 0.1) is 6.92 Å². The van der Waals surface area contributed by atoms with Crippen molar-refractivity contribution in [2.45, 2.75) is 59.5 Å². The smallest absolute Gasteiger partial charge is 0.244 e. The number of carbonyl (C=O) groups excluding carboxylic acids is 2. The maximum absolute atomic E-state index is 13.7. The molecule has 0 radical (unpaired) electrons. The third kappa shape index (κ3) is 6.82. The highest BCUT2D eigenvalue weighted by Gasteiger charge is 2.32. The van der Waals surface area contributed by atoms with Crippen molar-refractivity contribution < 1.29 is 18.0 Å². The summed E-state index contributed by atoms with van der Waals surface area (Å²) in [5.74, 6) is -0.608. The van der Waals surface area contributed by atoms with Crippen molar-refractivity contribution in [3.8, 4) is 0 Å². The standard InChI is InChI=1S/C26H37N3O4S/c1-7-23(26(31)27-8-2)28(17-21-14-10-9-13-20(21)5)25(30)18-29(34(6,32)33)24-16-12-11-15-22(24)19(3)4/h9-16,19,23H,7-8,17-18H2,1-6H3,(H,27,31)/t23-/m1/s1.